The van der Waals surface area contributed by atoms with Gasteiger partial charge in [-0.15, -0.1) is 0 Å². The Kier molecular flexibility index (Phi) is 10.6. The molecule has 1 aliphatic carbocycles. The highest BCUT2D eigenvalue weighted by atomic mass is 16.5. The maximum Gasteiger partial charge on any atom is 0.290 e. The molecular weight excluding hydrogens is 296 g/mol. The Hall–Kier alpha value is -1.14. The Bertz CT molecular complexity index is 325. The molecule has 23 heavy (non-hydrogen) atoms. The van der Waals surface area contributed by atoms with E-state index in [1.165, 1.54) is 25.7 Å². The topological polar surface area (TPSA) is 78.9 Å². The molecule has 0 aromatic rings. The third-order valence-electron chi connectivity index (χ3n) is 4.75. The summed E-state index contributed by atoms with van der Waals surface area (Å²) in [7, 11) is 0. The predicted octanol–water partition coefficient (Wildman–Crippen LogP) is 1.74. The number of carbonyl (C=O) groups is 2. The molecular formula is C17H32N2O4. The van der Waals surface area contributed by atoms with Gasteiger partial charge in [0, 0.05) is 25.6 Å². The van der Waals surface area contributed by atoms with Gasteiger partial charge in [-0.05, 0) is 51.6 Å². The van der Waals surface area contributed by atoms with Crippen LogP contribution in [0.15, 0.2) is 0 Å². The van der Waals surface area contributed by atoms with Gasteiger partial charge in [-0.3, -0.25) is 9.59 Å². The fourth-order valence-corrected chi connectivity index (χ4v) is 3.33. The van der Waals surface area contributed by atoms with Crippen LogP contribution in [0, 0.1) is 11.8 Å². The van der Waals surface area contributed by atoms with Crippen molar-refractivity contribution in [2.75, 3.05) is 39.4 Å². The molecule has 2 aliphatic rings. The normalized spacial score (nSPS) is 19.9. The van der Waals surface area contributed by atoms with E-state index in [1.807, 2.05) is 6.92 Å². The molecule has 0 bridgehead atoms. The molecule has 1 heterocycles. The minimum absolute atomic E-state index is 0.250. The van der Waals surface area contributed by atoms with E-state index in [-0.39, 0.29) is 6.47 Å². The number of nitrogens with one attached hydrogen (secondary N) is 1. The lowest BCUT2D eigenvalue weighted by atomic mass is 9.96. The standard InChI is InChI=1S/C16H30N2O2.CH2O2/c1-2-20-12-11-18-9-7-14(8-10-18)13-17-16(19)15-5-3-4-6-15;2-1-3/h14-15H,2-13H2,1H3,(H,17,19);1H,(H,2,3). The number of nitrogens with zero attached hydrogens (tertiary/aromatic N) is 1. The van der Waals surface area contributed by atoms with Crippen LogP contribution in [0.4, 0.5) is 0 Å². The summed E-state index contributed by atoms with van der Waals surface area (Å²) in [6.45, 7) is 7.68. The third kappa shape index (κ3) is 8.32. The number of ether oxygens (including phenoxy) is 1. The largest absolute Gasteiger partial charge is 0.483 e. The van der Waals surface area contributed by atoms with Crippen LogP contribution >= 0.6 is 0 Å². The van der Waals surface area contributed by atoms with Gasteiger partial charge in [-0.2, -0.15) is 0 Å². The summed E-state index contributed by atoms with van der Waals surface area (Å²) in [5, 5.41) is 10.1. The lowest BCUT2D eigenvalue weighted by molar-refractivity contribution is -0.125. The molecule has 1 amide bonds. The van der Waals surface area contributed by atoms with Gasteiger partial charge in [0.1, 0.15) is 0 Å². The van der Waals surface area contributed by atoms with Crippen molar-refractivity contribution in [1.82, 2.24) is 10.2 Å². The van der Waals surface area contributed by atoms with Crippen LogP contribution in [-0.2, 0) is 14.3 Å². The van der Waals surface area contributed by atoms with Crippen LogP contribution < -0.4 is 5.32 Å². The summed E-state index contributed by atoms with van der Waals surface area (Å²) in [6, 6.07) is 0. The minimum atomic E-state index is -0.250. The molecule has 1 aliphatic heterocycles. The molecule has 1 saturated carbocycles. The lowest BCUT2D eigenvalue weighted by Gasteiger charge is -2.32. The zero-order valence-electron chi connectivity index (χ0n) is 14.3. The van der Waals surface area contributed by atoms with Crippen molar-refractivity contribution in [2.45, 2.75) is 45.4 Å². The molecule has 6 nitrogen and oxygen atoms in total. The number of likely N-dealkylation sites (tertiary alicyclic amines) is 1. The van der Waals surface area contributed by atoms with Crippen LogP contribution in [0.1, 0.15) is 45.4 Å². The molecule has 0 aromatic heterocycles. The Morgan fingerprint density at radius 3 is 2.43 bits per heavy atom. The van der Waals surface area contributed by atoms with E-state index in [0.29, 0.717) is 17.7 Å². The smallest absolute Gasteiger partial charge is 0.290 e. The van der Waals surface area contributed by atoms with Crippen molar-refractivity contribution in [3.8, 4) is 0 Å². The van der Waals surface area contributed by atoms with Crippen LogP contribution in [0.25, 0.3) is 0 Å². The van der Waals surface area contributed by atoms with Gasteiger partial charge >= 0.3 is 0 Å². The predicted molar refractivity (Wildman–Crippen MR) is 89.3 cm³/mol. The monoisotopic (exact) mass is 328 g/mol. The average Bonchev–Trinajstić information content (AvgIpc) is 3.09. The summed E-state index contributed by atoms with van der Waals surface area (Å²) >= 11 is 0. The highest BCUT2D eigenvalue weighted by molar-refractivity contribution is 5.78. The van der Waals surface area contributed by atoms with E-state index < -0.39 is 0 Å². The van der Waals surface area contributed by atoms with E-state index in [9.17, 15) is 4.79 Å². The van der Waals surface area contributed by atoms with Crippen molar-refractivity contribution >= 4 is 12.4 Å². The molecule has 0 radical (unpaired) electrons. The number of amides is 1. The summed E-state index contributed by atoms with van der Waals surface area (Å²) in [4.78, 5) is 22.8. The molecule has 0 aromatic carbocycles. The SMILES string of the molecule is CCOCCN1CCC(CNC(=O)C2CCCC2)CC1.O=CO. The molecule has 0 unspecified atom stereocenters. The fraction of sp³-hybridized carbons (Fsp3) is 0.882. The van der Waals surface area contributed by atoms with E-state index in [2.05, 4.69) is 10.2 Å². The highest BCUT2D eigenvalue weighted by Crippen LogP contribution is 2.25. The molecule has 2 N–H and O–H groups in total. The van der Waals surface area contributed by atoms with Crippen LogP contribution in [0.5, 0.6) is 0 Å². The van der Waals surface area contributed by atoms with Crippen LogP contribution in [0.2, 0.25) is 0 Å². The first kappa shape index (κ1) is 19.9. The van der Waals surface area contributed by atoms with Gasteiger partial charge in [0.2, 0.25) is 5.91 Å². The van der Waals surface area contributed by atoms with E-state index in [0.717, 1.165) is 52.2 Å². The van der Waals surface area contributed by atoms with Crippen molar-refractivity contribution in [2.24, 2.45) is 11.8 Å². The summed E-state index contributed by atoms with van der Waals surface area (Å²) in [5.74, 6) is 1.28. The van der Waals surface area contributed by atoms with Gasteiger partial charge in [0.05, 0.1) is 6.61 Å². The molecule has 2 rings (SSSR count). The quantitative estimate of drug-likeness (QED) is 0.550. The number of carboxylic acid groups (broad SMARTS) is 1. The minimum Gasteiger partial charge on any atom is -0.483 e. The van der Waals surface area contributed by atoms with Crippen LogP contribution in [-0.4, -0.2) is 61.8 Å². The lowest BCUT2D eigenvalue weighted by Crippen LogP contribution is -2.40. The van der Waals surface area contributed by atoms with Gasteiger partial charge < -0.3 is 20.1 Å². The summed E-state index contributed by atoms with van der Waals surface area (Å²) in [6.07, 6.45) is 7.07. The Balaban J connectivity index is 0.000000816. The van der Waals surface area contributed by atoms with Gasteiger partial charge in [0.15, 0.2) is 0 Å². The molecule has 6 heteroatoms. The van der Waals surface area contributed by atoms with Crippen molar-refractivity contribution in [3.63, 3.8) is 0 Å². The summed E-state index contributed by atoms with van der Waals surface area (Å²) < 4.78 is 5.40. The first-order valence-electron chi connectivity index (χ1n) is 8.86. The van der Waals surface area contributed by atoms with Crippen molar-refractivity contribution < 1.29 is 19.4 Å². The molecule has 2 fully saturated rings. The Morgan fingerprint density at radius 2 is 1.87 bits per heavy atom. The average molecular weight is 328 g/mol. The van der Waals surface area contributed by atoms with E-state index in [4.69, 9.17) is 14.6 Å². The zero-order chi connectivity index (χ0) is 16.9. The second-order valence-electron chi connectivity index (χ2n) is 6.31. The Morgan fingerprint density at radius 1 is 1.26 bits per heavy atom. The maximum absolute atomic E-state index is 12.0. The van der Waals surface area contributed by atoms with Gasteiger partial charge in [-0.1, -0.05) is 12.8 Å². The van der Waals surface area contributed by atoms with Gasteiger partial charge in [-0.25, -0.2) is 0 Å². The molecule has 134 valence electrons. The molecule has 1 saturated heterocycles. The van der Waals surface area contributed by atoms with Crippen LogP contribution in [0.3, 0.4) is 0 Å². The number of hydrogen-bond acceptors (Lipinski definition) is 4. The van der Waals surface area contributed by atoms with Crippen molar-refractivity contribution in [3.05, 3.63) is 0 Å². The van der Waals surface area contributed by atoms with Gasteiger partial charge in [0.25, 0.3) is 6.47 Å². The number of piperidine rings is 1. The number of hydrogen-bond donors (Lipinski definition) is 2. The molecule has 0 atom stereocenters. The van der Waals surface area contributed by atoms with E-state index in [1.54, 1.807) is 0 Å². The first-order chi connectivity index (χ1) is 11.2. The van der Waals surface area contributed by atoms with E-state index >= 15 is 0 Å². The Labute approximate surface area is 139 Å². The first-order valence-corrected chi connectivity index (χ1v) is 8.86. The molecule has 0 spiro atoms. The third-order valence-corrected chi connectivity index (χ3v) is 4.75. The maximum atomic E-state index is 12.0. The number of carbonyl (C=O) groups excluding carboxylic acids is 1. The second kappa shape index (κ2) is 12.3. The fourth-order valence-electron chi connectivity index (χ4n) is 3.33. The second-order valence-corrected chi connectivity index (χ2v) is 6.31. The highest BCUT2D eigenvalue weighted by Gasteiger charge is 2.24. The number of rotatable bonds is 7. The zero-order valence-corrected chi connectivity index (χ0v) is 14.3. The van der Waals surface area contributed by atoms with Crippen molar-refractivity contribution in [1.29, 1.82) is 0 Å². The summed E-state index contributed by atoms with van der Waals surface area (Å²) in [5.41, 5.74) is 0.